The predicted molar refractivity (Wildman–Crippen MR) is 99.2 cm³/mol. The molecule has 0 radical (unpaired) electrons. The zero-order valence-electron chi connectivity index (χ0n) is 14.1. The van der Waals surface area contributed by atoms with E-state index in [1.54, 1.807) is 0 Å². The second-order valence-corrected chi connectivity index (χ2v) is 5.73. The lowest BCUT2D eigenvalue weighted by atomic mass is 10.1. The maximum atomic E-state index is 4.50. The number of hydrogen-bond acceptors (Lipinski definition) is 4. The lowest BCUT2D eigenvalue weighted by molar-refractivity contribution is 1.05. The van der Waals surface area contributed by atoms with Crippen LogP contribution in [0.1, 0.15) is 23.9 Å². The number of benzene rings is 2. The van der Waals surface area contributed by atoms with Crippen LogP contribution in [0.25, 0.3) is 11.3 Å². The fourth-order valence-electron chi connectivity index (χ4n) is 2.38. The average molecular weight is 316 g/mol. The van der Waals surface area contributed by atoms with E-state index in [2.05, 4.69) is 51.7 Å². The van der Waals surface area contributed by atoms with Gasteiger partial charge in [0.15, 0.2) is 0 Å². The minimum atomic E-state index is 0.688. The summed E-state index contributed by atoms with van der Waals surface area (Å²) in [4.78, 5) is 8.91. The van der Waals surface area contributed by atoms with Crippen LogP contribution in [-0.4, -0.2) is 15.7 Å². The molecule has 24 heavy (non-hydrogen) atoms. The van der Waals surface area contributed by atoms with Crippen LogP contribution in [0.2, 0.25) is 0 Å². The Morgan fingerprint density at radius 3 is 2.33 bits per heavy atom. The Morgan fingerprint density at radius 2 is 1.62 bits per heavy atom. The summed E-state index contributed by atoms with van der Waals surface area (Å²) in [5.41, 5.74) is 8.22. The molecule has 2 aromatic carbocycles. The molecule has 1 N–H and O–H groups in total. The van der Waals surface area contributed by atoms with Gasteiger partial charge in [0.2, 0.25) is 0 Å². The molecule has 0 spiro atoms. The van der Waals surface area contributed by atoms with Crippen molar-refractivity contribution >= 4 is 11.5 Å². The summed E-state index contributed by atoms with van der Waals surface area (Å²) in [6, 6.07) is 20.3. The van der Waals surface area contributed by atoms with Gasteiger partial charge in [-0.1, -0.05) is 60.2 Å². The molecule has 3 aromatic rings. The third-order valence-electron chi connectivity index (χ3n) is 3.71. The number of anilines is 1. The first kappa shape index (κ1) is 15.9. The number of nitrogens with zero attached hydrogens (tertiary/aromatic N) is 3. The summed E-state index contributed by atoms with van der Waals surface area (Å²) in [5, 5.41) is 4.45. The predicted octanol–water partition coefficient (Wildman–Crippen LogP) is 4.60. The van der Waals surface area contributed by atoms with Gasteiger partial charge in [-0.2, -0.15) is 5.10 Å². The second kappa shape index (κ2) is 7.04. The number of aromatic nitrogens is 2. The molecule has 0 aliphatic rings. The van der Waals surface area contributed by atoms with Gasteiger partial charge in [0.05, 0.1) is 11.4 Å². The van der Waals surface area contributed by atoms with E-state index < -0.39 is 0 Å². The molecule has 1 heterocycles. The average Bonchev–Trinajstić information content (AvgIpc) is 2.60. The largest absolute Gasteiger partial charge is 0.261 e. The van der Waals surface area contributed by atoms with Crippen molar-refractivity contribution in [3.63, 3.8) is 0 Å². The van der Waals surface area contributed by atoms with Crippen LogP contribution in [0.5, 0.6) is 0 Å². The molecule has 0 saturated carbocycles. The molecule has 0 amide bonds. The lowest BCUT2D eigenvalue weighted by Gasteiger charge is -2.07. The highest BCUT2D eigenvalue weighted by atomic mass is 15.3. The second-order valence-electron chi connectivity index (χ2n) is 5.73. The quantitative estimate of drug-likeness (QED) is 0.565. The van der Waals surface area contributed by atoms with Gasteiger partial charge in [-0.05, 0) is 26.3 Å². The van der Waals surface area contributed by atoms with E-state index in [9.17, 15) is 0 Å². The van der Waals surface area contributed by atoms with Gasteiger partial charge >= 0.3 is 0 Å². The summed E-state index contributed by atoms with van der Waals surface area (Å²) in [5.74, 6) is 1.40. The number of hydrazone groups is 1. The van der Waals surface area contributed by atoms with E-state index in [0.717, 1.165) is 22.5 Å². The highest BCUT2D eigenvalue weighted by Crippen LogP contribution is 2.19. The highest BCUT2D eigenvalue weighted by Gasteiger charge is 2.04. The summed E-state index contributed by atoms with van der Waals surface area (Å²) in [7, 11) is 0. The Labute approximate surface area is 142 Å². The van der Waals surface area contributed by atoms with Crippen LogP contribution in [0.15, 0.2) is 65.8 Å². The van der Waals surface area contributed by atoms with E-state index in [-0.39, 0.29) is 0 Å². The molecule has 1 aromatic heterocycles. The number of rotatable bonds is 4. The molecule has 4 nitrogen and oxygen atoms in total. The summed E-state index contributed by atoms with van der Waals surface area (Å²) in [6.45, 7) is 5.93. The first-order valence-corrected chi connectivity index (χ1v) is 7.90. The molecule has 0 unspecified atom stereocenters. The fraction of sp³-hybridized carbons (Fsp3) is 0.150. The summed E-state index contributed by atoms with van der Waals surface area (Å²) < 4.78 is 0. The first-order chi connectivity index (χ1) is 11.6. The van der Waals surface area contributed by atoms with Crippen LogP contribution < -0.4 is 5.43 Å². The molecular weight excluding hydrogens is 296 g/mol. The van der Waals surface area contributed by atoms with Crippen LogP contribution >= 0.6 is 0 Å². The van der Waals surface area contributed by atoms with Crippen molar-refractivity contribution < 1.29 is 0 Å². The van der Waals surface area contributed by atoms with Gasteiger partial charge < -0.3 is 0 Å². The molecule has 0 saturated heterocycles. The molecular formula is C20H20N4. The summed E-state index contributed by atoms with van der Waals surface area (Å²) >= 11 is 0. The van der Waals surface area contributed by atoms with Gasteiger partial charge in [-0.25, -0.2) is 9.97 Å². The Balaban J connectivity index is 1.84. The third-order valence-corrected chi connectivity index (χ3v) is 3.71. The van der Waals surface area contributed by atoms with Crippen LogP contribution in [-0.2, 0) is 0 Å². The van der Waals surface area contributed by atoms with Gasteiger partial charge in [-0.3, -0.25) is 5.43 Å². The molecule has 0 atom stereocenters. The Bertz CT molecular complexity index is 853. The van der Waals surface area contributed by atoms with Crippen molar-refractivity contribution in [1.82, 2.24) is 9.97 Å². The molecule has 4 heteroatoms. The van der Waals surface area contributed by atoms with Gasteiger partial charge in [-0.15, -0.1) is 0 Å². The minimum absolute atomic E-state index is 0.688. The van der Waals surface area contributed by atoms with E-state index >= 15 is 0 Å². The number of aryl methyl sites for hydroxylation is 2. The molecule has 3 rings (SSSR count). The molecule has 120 valence electrons. The van der Waals surface area contributed by atoms with Gasteiger partial charge in [0.25, 0.3) is 0 Å². The van der Waals surface area contributed by atoms with Crippen LogP contribution in [0.3, 0.4) is 0 Å². The van der Waals surface area contributed by atoms with Crippen molar-refractivity contribution in [2.24, 2.45) is 5.10 Å². The van der Waals surface area contributed by atoms with Gasteiger partial charge in [0, 0.05) is 11.6 Å². The van der Waals surface area contributed by atoms with E-state index in [1.807, 2.05) is 50.2 Å². The third kappa shape index (κ3) is 3.84. The number of nitrogens with one attached hydrogen (secondary N) is 1. The lowest BCUT2D eigenvalue weighted by Crippen LogP contribution is -2.02. The molecule has 0 aliphatic heterocycles. The van der Waals surface area contributed by atoms with Crippen molar-refractivity contribution in [2.45, 2.75) is 20.8 Å². The van der Waals surface area contributed by atoms with E-state index in [1.165, 1.54) is 5.56 Å². The SMILES string of the molecule is CC(=NNc1cc(-c2ccccc2)nc(C)n1)c1ccc(C)cc1. The first-order valence-electron chi connectivity index (χ1n) is 7.90. The van der Waals surface area contributed by atoms with Crippen molar-refractivity contribution in [3.05, 3.63) is 77.6 Å². The Hall–Kier alpha value is -3.01. The normalized spacial score (nSPS) is 11.4. The van der Waals surface area contributed by atoms with E-state index in [0.29, 0.717) is 11.6 Å². The maximum absolute atomic E-state index is 4.50. The molecule has 0 bridgehead atoms. The maximum Gasteiger partial charge on any atom is 0.150 e. The zero-order chi connectivity index (χ0) is 16.9. The van der Waals surface area contributed by atoms with E-state index in [4.69, 9.17) is 0 Å². The summed E-state index contributed by atoms with van der Waals surface area (Å²) in [6.07, 6.45) is 0. The Morgan fingerprint density at radius 1 is 0.917 bits per heavy atom. The fourth-order valence-corrected chi connectivity index (χ4v) is 2.38. The smallest absolute Gasteiger partial charge is 0.150 e. The van der Waals surface area contributed by atoms with Crippen LogP contribution in [0, 0.1) is 13.8 Å². The Kier molecular flexibility index (Phi) is 4.66. The van der Waals surface area contributed by atoms with Crippen molar-refractivity contribution in [1.29, 1.82) is 0 Å². The number of hydrogen-bond donors (Lipinski definition) is 1. The highest BCUT2D eigenvalue weighted by molar-refractivity contribution is 5.99. The molecule has 0 aliphatic carbocycles. The topological polar surface area (TPSA) is 50.2 Å². The van der Waals surface area contributed by atoms with Crippen molar-refractivity contribution in [2.75, 3.05) is 5.43 Å². The molecule has 0 fully saturated rings. The zero-order valence-corrected chi connectivity index (χ0v) is 14.1. The standard InChI is InChI=1S/C20H20N4/c1-14-9-11-17(12-10-14)15(2)23-24-20-13-19(21-16(3)22-20)18-7-5-4-6-8-18/h4-13H,1-3H3,(H,21,22,24). The van der Waals surface area contributed by atoms with Crippen molar-refractivity contribution in [3.8, 4) is 11.3 Å². The monoisotopic (exact) mass is 316 g/mol. The van der Waals surface area contributed by atoms with Gasteiger partial charge in [0.1, 0.15) is 11.6 Å². The minimum Gasteiger partial charge on any atom is -0.261 e. The van der Waals surface area contributed by atoms with Crippen LogP contribution in [0.4, 0.5) is 5.82 Å².